The van der Waals surface area contributed by atoms with Crippen LogP contribution in [0.4, 0.5) is 8.78 Å². The highest BCUT2D eigenvalue weighted by atomic mass is 19.2. The van der Waals surface area contributed by atoms with E-state index >= 15 is 0 Å². The SMILES string of the molecule is NC[C@@H]1C[C@H]1c1ccc(F)c(F)c1. The molecular weight excluding hydrogens is 172 g/mol. The predicted octanol–water partition coefficient (Wildman–Crippen LogP) is 2.03. The number of benzene rings is 1. The summed E-state index contributed by atoms with van der Waals surface area (Å²) in [6.07, 6.45) is 1.00. The van der Waals surface area contributed by atoms with E-state index in [9.17, 15) is 8.78 Å². The molecule has 0 aliphatic heterocycles. The van der Waals surface area contributed by atoms with E-state index < -0.39 is 11.6 Å². The van der Waals surface area contributed by atoms with Gasteiger partial charge in [-0.05, 0) is 42.5 Å². The van der Waals surface area contributed by atoms with Crippen LogP contribution < -0.4 is 5.73 Å². The lowest BCUT2D eigenvalue weighted by atomic mass is 10.1. The Bertz CT molecular complexity index is 325. The Labute approximate surface area is 75.6 Å². The Morgan fingerprint density at radius 3 is 2.62 bits per heavy atom. The smallest absolute Gasteiger partial charge is 0.159 e. The molecule has 1 aliphatic rings. The molecule has 13 heavy (non-hydrogen) atoms. The van der Waals surface area contributed by atoms with E-state index in [2.05, 4.69) is 0 Å². The zero-order valence-electron chi connectivity index (χ0n) is 7.13. The first-order valence-electron chi connectivity index (χ1n) is 4.37. The minimum atomic E-state index is -0.784. The molecule has 0 amide bonds. The molecule has 2 N–H and O–H groups in total. The Morgan fingerprint density at radius 1 is 1.31 bits per heavy atom. The molecule has 0 bridgehead atoms. The monoisotopic (exact) mass is 183 g/mol. The normalized spacial score (nSPS) is 26.1. The Morgan fingerprint density at radius 2 is 2.08 bits per heavy atom. The molecule has 0 aromatic heterocycles. The van der Waals surface area contributed by atoms with E-state index in [1.165, 1.54) is 12.1 Å². The van der Waals surface area contributed by atoms with Crippen LogP contribution in [0.25, 0.3) is 0 Å². The van der Waals surface area contributed by atoms with Crippen molar-refractivity contribution in [1.29, 1.82) is 0 Å². The second-order valence-corrected chi connectivity index (χ2v) is 3.51. The van der Waals surface area contributed by atoms with Crippen molar-refractivity contribution < 1.29 is 8.78 Å². The van der Waals surface area contributed by atoms with E-state index in [1.54, 1.807) is 6.07 Å². The van der Waals surface area contributed by atoms with Crippen molar-refractivity contribution in [2.24, 2.45) is 11.7 Å². The predicted molar refractivity (Wildman–Crippen MR) is 46.3 cm³/mol. The lowest BCUT2D eigenvalue weighted by Gasteiger charge is -1.99. The minimum absolute atomic E-state index is 0.347. The Balaban J connectivity index is 2.19. The van der Waals surface area contributed by atoms with Crippen molar-refractivity contribution in [3.63, 3.8) is 0 Å². The first kappa shape index (κ1) is 8.63. The average molecular weight is 183 g/mol. The van der Waals surface area contributed by atoms with Crippen LogP contribution in [-0.2, 0) is 0 Å². The third kappa shape index (κ3) is 1.56. The van der Waals surface area contributed by atoms with Crippen LogP contribution in [0.5, 0.6) is 0 Å². The first-order valence-corrected chi connectivity index (χ1v) is 4.37. The zero-order chi connectivity index (χ0) is 9.42. The van der Waals surface area contributed by atoms with Crippen molar-refractivity contribution in [2.45, 2.75) is 12.3 Å². The van der Waals surface area contributed by atoms with Gasteiger partial charge in [0.1, 0.15) is 0 Å². The lowest BCUT2D eigenvalue weighted by molar-refractivity contribution is 0.507. The van der Waals surface area contributed by atoms with Gasteiger partial charge in [-0.2, -0.15) is 0 Å². The topological polar surface area (TPSA) is 26.0 Å². The van der Waals surface area contributed by atoms with Gasteiger partial charge >= 0.3 is 0 Å². The molecule has 0 spiro atoms. The summed E-state index contributed by atoms with van der Waals surface area (Å²) in [4.78, 5) is 0. The van der Waals surface area contributed by atoms with Crippen LogP contribution in [0.3, 0.4) is 0 Å². The molecule has 0 radical (unpaired) electrons. The number of nitrogens with two attached hydrogens (primary N) is 1. The quantitative estimate of drug-likeness (QED) is 0.745. The summed E-state index contributed by atoms with van der Waals surface area (Å²) in [6.45, 7) is 0.629. The molecule has 0 unspecified atom stereocenters. The van der Waals surface area contributed by atoms with E-state index in [0.29, 0.717) is 18.4 Å². The minimum Gasteiger partial charge on any atom is -0.330 e. The summed E-state index contributed by atoms with van der Waals surface area (Å²) in [7, 11) is 0. The number of hydrogen-bond acceptors (Lipinski definition) is 1. The molecule has 1 aliphatic carbocycles. The summed E-state index contributed by atoms with van der Waals surface area (Å²) in [5.41, 5.74) is 6.33. The number of hydrogen-bond donors (Lipinski definition) is 1. The van der Waals surface area contributed by atoms with E-state index in [4.69, 9.17) is 5.73 Å². The van der Waals surface area contributed by atoms with Crippen molar-refractivity contribution in [3.8, 4) is 0 Å². The van der Waals surface area contributed by atoms with Crippen LogP contribution in [0.2, 0.25) is 0 Å². The van der Waals surface area contributed by atoms with Gasteiger partial charge in [-0.25, -0.2) is 8.78 Å². The summed E-state index contributed by atoms with van der Waals surface area (Å²) >= 11 is 0. The molecule has 1 fully saturated rings. The van der Waals surface area contributed by atoms with Crippen molar-refractivity contribution in [1.82, 2.24) is 0 Å². The standard InChI is InChI=1S/C10H11F2N/c11-9-2-1-6(4-10(9)12)8-3-7(8)5-13/h1-2,4,7-8H,3,5,13H2/t7-,8-/m0/s1. The fourth-order valence-corrected chi connectivity index (χ4v) is 1.66. The van der Waals surface area contributed by atoms with Gasteiger partial charge in [-0.1, -0.05) is 6.07 Å². The van der Waals surface area contributed by atoms with Crippen LogP contribution >= 0.6 is 0 Å². The van der Waals surface area contributed by atoms with Gasteiger partial charge in [0.15, 0.2) is 11.6 Å². The van der Waals surface area contributed by atoms with Gasteiger partial charge in [0.05, 0.1) is 0 Å². The molecule has 70 valence electrons. The Hall–Kier alpha value is -0.960. The van der Waals surface area contributed by atoms with Gasteiger partial charge in [-0.15, -0.1) is 0 Å². The van der Waals surface area contributed by atoms with Gasteiger partial charge in [0, 0.05) is 0 Å². The molecule has 1 aromatic rings. The summed E-state index contributed by atoms with van der Waals surface area (Å²) in [5, 5.41) is 0. The van der Waals surface area contributed by atoms with Crippen molar-refractivity contribution in [3.05, 3.63) is 35.4 Å². The average Bonchev–Trinajstić information content (AvgIpc) is 2.88. The molecule has 1 aromatic carbocycles. The van der Waals surface area contributed by atoms with Crippen molar-refractivity contribution in [2.75, 3.05) is 6.54 Å². The van der Waals surface area contributed by atoms with Crippen molar-refractivity contribution >= 4 is 0 Å². The maximum absolute atomic E-state index is 12.8. The summed E-state index contributed by atoms with van der Waals surface area (Å²) in [6, 6.07) is 4.09. The summed E-state index contributed by atoms with van der Waals surface area (Å²) in [5.74, 6) is -0.737. The largest absolute Gasteiger partial charge is 0.330 e. The molecule has 1 nitrogen and oxygen atoms in total. The van der Waals surface area contributed by atoms with E-state index in [0.717, 1.165) is 12.0 Å². The highest BCUT2D eigenvalue weighted by Crippen LogP contribution is 2.46. The molecule has 0 heterocycles. The highest BCUT2D eigenvalue weighted by Gasteiger charge is 2.37. The maximum Gasteiger partial charge on any atom is 0.159 e. The molecule has 2 atom stereocenters. The van der Waals surface area contributed by atoms with Gasteiger partial charge < -0.3 is 5.73 Å². The highest BCUT2D eigenvalue weighted by molar-refractivity contribution is 5.27. The molecule has 3 heteroatoms. The first-order chi connectivity index (χ1) is 6.22. The maximum atomic E-state index is 12.8. The van der Waals surface area contributed by atoms with Gasteiger partial charge in [0.25, 0.3) is 0 Å². The van der Waals surface area contributed by atoms with Crippen LogP contribution in [0.15, 0.2) is 18.2 Å². The zero-order valence-corrected chi connectivity index (χ0v) is 7.13. The van der Waals surface area contributed by atoms with Gasteiger partial charge in [0.2, 0.25) is 0 Å². The molecule has 2 rings (SSSR count). The molecular formula is C10H11F2N. The van der Waals surface area contributed by atoms with Crippen LogP contribution in [0, 0.1) is 17.6 Å². The van der Waals surface area contributed by atoms with Gasteiger partial charge in [-0.3, -0.25) is 0 Å². The summed E-state index contributed by atoms with van der Waals surface area (Å²) < 4.78 is 25.4. The van der Waals surface area contributed by atoms with Crippen LogP contribution in [-0.4, -0.2) is 6.54 Å². The van der Waals surface area contributed by atoms with Crippen LogP contribution in [0.1, 0.15) is 17.9 Å². The third-order valence-electron chi connectivity index (χ3n) is 2.60. The molecule has 0 saturated heterocycles. The van der Waals surface area contributed by atoms with E-state index in [-0.39, 0.29) is 0 Å². The second-order valence-electron chi connectivity index (χ2n) is 3.51. The fourth-order valence-electron chi connectivity index (χ4n) is 1.66. The fraction of sp³-hybridized carbons (Fsp3) is 0.400. The number of halogens is 2. The van der Waals surface area contributed by atoms with E-state index in [1.807, 2.05) is 0 Å². The Kier molecular flexibility index (Phi) is 2.04. The second kappa shape index (κ2) is 3.07. The third-order valence-corrected chi connectivity index (χ3v) is 2.60. The molecule has 1 saturated carbocycles. The lowest BCUT2D eigenvalue weighted by Crippen LogP contribution is -2.02. The number of rotatable bonds is 2.